The molecule has 8 heteroatoms. The van der Waals surface area contributed by atoms with Gasteiger partial charge in [0.05, 0.1) is 0 Å². The van der Waals surface area contributed by atoms with Crippen LogP contribution in [-0.2, 0) is 9.47 Å². The number of aliphatic hydroxyl groups is 2. The van der Waals surface area contributed by atoms with Gasteiger partial charge < -0.3 is 40.6 Å². The first-order valence-corrected chi connectivity index (χ1v) is 8.98. The van der Waals surface area contributed by atoms with E-state index < -0.39 is 23.8 Å². The van der Waals surface area contributed by atoms with Crippen LogP contribution in [0.1, 0.15) is 11.1 Å². The first-order valence-electron chi connectivity index (χ1n) is 8.98. The van der Waals surface area contributed by atoms with Gasteiger partial charge in [0.2, 0.25) is 0 Å². The van der Waals surface area contributed by atoms with Crippen molar-refractivity contribution in [3.63, 3.8) is 0 Å². The van der Waals surface area contributed by atoms with Gasteiger partial charge in [0.1, 0.15) is 24.7 Å². The summed E-state index contributed by atoms with van der Waals surface area (Å²) in [4.78, 5) is 0. The Morgan fingerprint density at radius 2 is 1.21 bits per heavy atom. The minimum atomic E-state index is -1.77. The average molecular weight is 388 g/mol. The van der Waals surface area contributed by atoms with Crippen LogP contribution in [0.3, 0.4) is 0 Å². The number of nitrogen functional groups attached to an aromatic ring is 2. The van der Waals surface area contributed by atoms with Crippen LogP contribution in [0.4, 0.5) is 11.4 Å². The van der Waals surface area contributed by atoms with E-state index in [9.17, 15) is 10.2 Å². The van der Waals surface area contributed by atoms with Gasteiger partial charge in [0.15, 0.2) is 12.2 Å². The molecule has 6 N–H and O–H groups in total. The Bertz CT molecular complexity index is 833. The number of aryl methyl sites for hydroxylation is 2. The standard InChI is InChI=1S/C20H24N2O6/c1-11-7-13(21)3-5-15(11)27-19(23)9-25-18-17(19)26-10-20(18,24)28-16-6-4-14(22)8-12(16)2/h3-8,17-18,23-24H,9-10,21-22H2,1-2H3/t17-,18-,19-,20-/m0/s1. The highest BCUT2D eigenvalue weighted by molar-refractivity contribution is 5.48. The molecule has 2 saturated heterocycles. The summed E-state index contributed by atoms with van der Waals surface area (Å²) < 4.78 is 22.9. The van der Waals surface area contributed by atoms with Crippen LogP contribution in [0.5, 0.6) is 11.5 Å². The number of hydrogen-bond donors (Lipinski definition) is 4. The van der Waals surface area contributed by atoms with E-state index in [1.807, 2.05) is 13.8 Å². The van der Waals surface area contributed by atoms with Crippen LogP contribution in [0.15, 0.2) is 36.4 Å². The summed E-state index contributed by atoms with van der Waals surface area (Å²) >= 11 is 0. The molecule has 8 nitrogen and oxygen atoms in total. The second-order valence-corrected chi connectivity index (χ2v) is 7.41. The van der Waals surface area contributed by atoms with Crippen molar-refractivity contribution in [3.05, 3.63) is 47.5 Å². The SMILES string of the molecule is Cc1cc(N)ccc1O[C@@]1(O)CO[C@H]2[C@@H]1OC[C@]2(O)Oc1ccc(N)cc1C. The van der Waals surface area contributed by atoms with Gasteiger partial charge in [-0.2, -0.15) is 0 Å². The van der Waals surface area contributed by atoms with Crippen LogP contribution < -0.4 is 20.9 Å². The topological polar surface area (TPSA) is 129 Å². The minimum absolute atomic E-state index is 0.182. The molecule has 0 unspecified atom stereocenters. The predicted octanol–water partition coefficient (Wildman–Crippen LogP) is 1.10. The monoisotopic (exact) mass is 388 g/mol. The second kappa shape index (κ2) is 6.52. The van der Waals surface area contributed by atoms with Gasteiger partial charge in [-0.1, -0.05) is 0 Å². The van der Waals surface area contributed by atoms with Gasteiger partial charge >= 0.3 is 0 Å². The van der Waals surface area contributed by atoms with Crippen LogP contribution in [0, 0.1) is 13.8 Å². The van der Waals surface area contributed by atoms with Crippen LogP contribution >= 0.6 is 0 Å². The molecule has 0 amide bonds. The van der Waals surface area contributed by atoms with Crippen molar-refractivity contribution in [3.8, 4) is 11.5 Å². The van der Waals surface area contributed by atoms with Crippen LogP contribution in [-0.4, -0.2) is 47.2 Å². The van der Waals surface area contributed by atoms with Crippen molar-refractivity contribution in [1.29, 1.82) is 0 Å². The highest BCUT2D eigenvalue weighted by atomic mass is 16.7. The normalized spacial score (nSPS) is 31.6. The molecule has 150 valence electrons. The Morgan fingerprint density at radius 1 is 0.821 bits per heavy atom. The third-order valence-electron chi connectivity index (χ3n) is 5.07. The molecule has 0 aromatic heterocycles. The Balaban J connectivity index is 1.54. The molecule has 2 aliphatic rings. The Kier molecular flexibility index (Phi) is 4.39. The second-order valence-electron chi connectivity index (χ2n) is 7.41. The summed E-state index contributed by atoms with van der Waals surface area (Å²) in [5.74, 6) is -2.63. The van der Waals surface area contributed by atoms with E-state index >= 15 is 0 Å². The van der Waals surface area contributed by atoms with Crippen LogP contribution in [0.25, 0.3) is 0 Å². The highest BCUT2D eigenvalue weighted by Crippen LogP contribution is 2.42. The zero-order valence-electron chi connectivity index (χ0n) is 15.7. The Labute approximate surface area is 162 Å². The summed E-state index contributed by atoms with van der Waals surface area (Å²) in [5.41, 5.74) is 14.2. The van der Waals surface area contributed by atoms with Crippen LogP contribution in [0.2, 0.25) is 0 Å². The molecule has 2 fully saturated rings. The molecule has 0 spiro atoms. The zero-order chi connectivity index (χ0) is 20.1. The largest absolute Gasteiger partial charge is 0.457 e. The fourth-order valence-corrected chi connectivity index (χ4v) is 3.62. The lowest BCUT2D eigenvalue weighted by Crippen LogP contribution is -2.52. The van der Waals surface area contributed by atoms with Crippen molar-refractivity contribution in [2.75, 3.05) is 24.7 Å². The maximum Gasteiger partial charge on any atom is 0.260 e. The van der Waals surface area contributed by atoms with Crippen molar-refractivity contribution < 1.29 is 29.2 Å². The summed E-state index contributed by atoms with van der Waals surface area (Å²) in [5, 5.41) is 22.0. The number of nitrogens with two attached hydrogens (primary N) is 2. The average Bonchev–Trinajstić information content (AvgIpc) is 3.13. The van der Waals surface area contributed by atoms with Crippen molar-refractivity contribution in [2.24, 2.45) is 0 Å². The quantitative estimate of drug-likeness (QED) is 0.453. The lowest BCUT2D eigenvalue weighted by Gasteiger charge is -2.29. The lowest BCUT2D eigenvalue weighted by molar-refractivity contribution is -0.211. The molecule has 2 aromatic rings. The van der Waals surface area contributed by atoms with E-state index in [0.717, 1.165) is 11.1 Å². The summed E-state index contributed by atoms with van der Waals surface area (Å²) in [7, 11) is 0. The van der Waals surface area contributed by atoms with E-state index in [4.69, 9.17) is 30.4 Å². The van der Waals surface area contributed by atoms with E-state index in [-0.39, 0.29) is 13.2 Å². The molecule has 0 bridgehead atoms. The molecule has 2 heterocycles. The molecular formula is C20H24N2O6. The van der Waals surface area contributed by atoms with E-state index in [1.165, 1.54) is 0 Å². The number of hydrogen-bond acceptors (Lipinski definition) is 8. The third-order valence-corrected chi connectivity index (χ3v) is 5.07. The number of rotatable bonds is 4. The van der Waals surface area contributed by atoms with Gasteiger partial charge in [-0.25, -0.2) is 0 Å². The summed E-state index contributed by atoms with van der Waals surface area (Å²) in [6.07, 6.45) is -1.85. The third kappa shape index (κ3) is 3.14. The molecule has 4 atom stereocenters. The number of benzene rings is 2. The maximum atomic E-state index is 11.0. The molecule has 2 aromatic carbocycles. The van der Waals surface area contributed by atoms with Crippen molar-refractivity contribution in [1.82, 2.24) is 0 Å². The van der Waals surface area contributed by atoms with E-state index in [0.29, 0.717) is 22.9 Å². The molecule has 0 aliphatic carbocycles. The molecule has 2 aliphatic heterocycles. The van der Waals surface area contributed by atoms with Gasteiger partial charge in [0, 0.05) is 11.4 Å². The van der Waals surface area contributed by atoms with Gasteiger partial charge in [-0.15, -0.1) is 0 Å². The fourth-order valence-electron chi connectivity index (χ4n) is 3.62. The van der Waals surface area contributed by atoms with Crippen molar-refractivity contribution in [2.45, 2.75) is 37.6 Å². The number of anilines is 2. The smallest absolute Gasteiger partial charge is 0.260 e. The first kappa shape index (κ1) is 18.8. The number of fused-ring (bicyclic) bond motifs is 1. The van der Waals surface area contributed by atoms with Gasteiger partial charge in [-0.3, -0.25) is 0 Å². The fraction of sp³-hybridized carbons (Fsp3) is 0.400. The predicted molar refractivity (Wildman–Crippen MR) is 102 cm³/mol. The minimum Gasteiger partial charge on any atom is -0.457 e. The Morgan fingerprint density at radius 3 is 1.57 bits per heavy atom. The highest BCUT2D eigenvalue weighted by Gasteiger charge is 2.65. The molecule has 28 heavy (non-hydrogen) atoms. The molecule has 0 radical (unpaired) electrons. The first-order chi connectivity index (χ1) is 13.2. The Hall–Kier alpha value is -2.52. The van der Waals surface area contributed by atoms with E-state index in [1.54, 1.807) is 36.4 Å². The summed E-state index contributed by atoms with van der Waals surface area (Å²) in [6.45, 7) is 3.28. The molecular weight excluding hydrogens is 364 g/mol. The summed E-state index contributed by atoms with van der Waals surface area (Å²) in [6, 6.07) is 10.2. The van der Waals surface area contributed by atoms with Gasteiger partial charge in [0.25, 0.3) is 11.6 Å². The van der Waals surface area contributed by atoms with Crippen molar-refractivity contribution >= 4 is 11.4 Å². The number of ether oxygens (including phenoxy) is 4. The van der Waals surface area contributed by atoms with E-state index in [2.05, 4.69) is 0 Å². The molecule has 4 rings (SSSR count). The maximum absolute atomic E-state index is 11.0. The van der Waals surface area contributed by atoms with Gasteiger partial charge in [-0.05, 0) is 61.4 Å². The zero-order valence-corrected chi connectivity index (χ0v) is 15.7. The molecule has 0 saturated carbocycles. The lowest BCUT2D eigenvalue weighted by atomic mass is 10.0.